The van der Waals surface area contributed by atoms with Crippen molar-refractivity contribution < 1.29 is 24.0 Å². The summed E-state index contributed by atoms with van der Waals surface area (Å²) in [6, 6.07) is 32.9. The van der Waals surface area contributed by atoms with E-state index in [1.54, 1.807) is 0 Å². The summed E-state index contributed by atoms with van der Waals surface area (Å²) in [7, 11) is 0. The standard InChI is InChI=1S/C19H18As.HI/c1-20(17-11-5-2-6-12-17,18-13-7-3-8-14-18)19-15-9-4-10-16-19;/h2-16H,1H3;1H/q+1;/p-1/i1-1;. The fourth-order valence-electron chi connectivity index (χ4n) is 2.63. The molecule has 0 amide bonds. The van der Waals surface area contributed by atoms with Gasteiger partial charge >= 0.3 is 123 Å². The van der Waals surface area contributed by atoms with E-state index >= 15 is 0 Å². The summed E-state index contributed by atoms with van der Waals surface area (Å²) in [5.41, 5.74) is 2.47. The molecular weight excluding hydrogens is 429 g/mol. The zero-order valence-corrected chi connectivity index (χ0v) is 16.0. The van der Waals surface area contributed by atoms with E-state index < -0.39 is 13.6 Å². The molecule has 0 aromatic heterocycles. The normalized spacial score (nSPS) is 10.7. The summed E-state index contributed by atoms with van der Waals surface area (Å²) in [5.74, 6) is 0. The van der Waals surface area contributed by atoms with Crippen LogP contribution in [0, 0.1) is 0 Å². The van der Waals surface area contributed by atoms with E-state index in [-0.39, 0.29) is 24.0 Å². The Labute approximate surface area is 146 Å². The van der Waals surface area contributed by atoms with Crippen molar-refractivity contribution in [3.05, 3.63) is 91.0 Å². The molecule has 3 aromatic rings. The number of halogens is 1. The van der Waals surface area contributed by atoms with Crippen molar-refractivity contribution in [3.8, 4) is 0 Å². The van der Waals surface area contributed by atoms with Gasteiger partial charge in [0.05, 0.1) is 0 Å². The van der Waals surface area contributed by atoms with Gasteiger partial charge in [-0.15, -0.1) is 0 Å². The Morgan fingerprint density at radius 2 is 0.714 bits per heavy atom. The van der Waals surface area contributed by atoms with Crippen LogP contribution in [0.25, 0.3) is 0 Å². The SMILES string of the molecule is [11CH3][As+](c1ccccc1)(c1ccccc1)c1ccccc1.[I-]. The Balaban J connectivity index is 0.00000161. The molecule has 0 saturated heterocycles. The molecule has 21 heavy (non-hydrogen) atoms. The molecule has 0 heterocycles. The minimum absolute atomic E-state index is 0. The van der Waals surface area contributed by atoms with Gasteiger partial charge in [0.2, 0.25) is 0 Å². The van der Waals surface area contributed by atoms with Gasteiger partial charge in [0.1, 0.15) is 0 Å². The van der Waals surface area contributed by atoms with Crippen LogP contribution in [0.5, 0.6) is 0 Å². The first-order valence-corrected chi connectivity index (χ1v) is 11.5. The van der Waals surface area contributed by atoms with Crippen LogP contribution in [0.3, 0.4) is 0 Å². The average Bonchev–Trinajstić information content (AvgIpc) is 2.56. The molecule has 3 aromatic carbocycles. The van der Waals surface area contributed by atoms with Crippen molar-refractivity contribution >= 4 is 26.6 Å². The van der Waals surface area contributed by atoms with Crippen molar-refractivity contribution in [1.82, 2.24) is 0 Å². The van der Waals surface area contributed by atoms with E-state index in [4.69, 9.17) is 0 Å². The number of hydrogen-bond donors (Lipinski definition) is 0. The van der Waals surface area contributed by atoms with E-state index in [0.29, 0.717) is 0 Å². The van der Waals surface area contributed by atoms with Crippen molar-refractivity contribution in [2.45, 2.75) is 5.71 Å². The molecular formula is C19H18AsI. The third kappa shape index (κ3) is 3.25. The fraction of sp³-hybridized carbons (Fsp3) is 0.0526. The molecule has 0 aliphatic carbocycles. The molecule has 0 aliphatic rings. The summed E-state index contributed by atoms with van der Waals surface area (Å²) in [6.07, 6.45) is 0. The minimum atomic E-state index is -2.29. The fourth-order valence-corrected chi connectivity index (χ4v) is 9.34. The molecule has 0 aliphatic heterocycles. The van der Waals surface area contributed by atoms with Gasteiger partial charge < -0.3 is 24.0 Å². The van der Waals surface area contributed by atoms with Crippen LogP contribution in [0.2, 0.25) is 5.71 Å². The van der Waals surface area contributed by atoms with Crippen LogP contribution in [-0.4, -0.2) is 13.6 Å². The Kier molecular flexibility index (Phi) is 5.66. The van der Waals surface area contributed by atoms with Gasteiger partial charge in [-0.1, -0.05) is 0 Å². The zero-order valence-electron chi connectivity index (χ0n) is 12.0. The maximum atomic E-state index is 2.47. The summed E-state index contributed by atoms with van der Waals surface area (Å²) >= 11 is -2.29. The second kappa shape index (κ2) is 7.28. The van der Waals surface area contributed by atoms with Crippen LogP contribution in [0.15, 0.2) is 91.0 Å². The maximum absolute atomic E-state index is 2.47. The third-order valence-electron chi connectivity index (χ3n) is 3.82. The summed E-state index contributed by atoms with van der Waals surface area (Å²) in [5, 5.41) is 0. The van der Waals surface area contributed by atoms with Crippen molar-refractivity contribution in [2.24, 2.45) is 0 Å². The molecule has 106 valence electrons. The molecule has 2 heteroatoms. The number of benzene rings is 3. The first kappa shape index (κ1) is 16.3. The smallest absolute Gasteiger partial charge is 1.00 e. The monoisotopic (exact) mass is 447 g/mol. The van der Waals surface area contributed by atoms with Gasteiger partial charge in [-0.2, -0.15) is 0 Å². The molecule has 3 rings (SSSR count). The molecule has 0 saturated carbocycles. The van der Waals surface area contributed by atoms with Crippen LogP contribution >= 0.6 is 0 Å². The Morgan fingerprint density at radius 1 is 0.476 bits per heavy atom. The minimum Gasteiger partial charge on any atom is -1.00 e. The zero-order chi connectivity index (χ0) is 13.8. The van der Waals surface area contributed by atoms with E-state index in [1.165, 1.54) is 13.1 Å². The number of rotatable bonds is 3. The predicted molar refractivity (Wildman–Crippen MR) is 89.8 cm³/mol. The molecule has 0 spiro atoms. The Bertz CT molecular complexity index is 569. The van der Waals surface area contributed by atoms with Crippen LogP contribution < -0.4 is 37.0 Å². The quantitative estimate of drug-likeness (QED) is 0.386. The number of hydrogen-bond acceptors (Lipinski definition) is 0. The van der Waals surface area contributed by atoms with E-state index in [9.17, 15) is 0 Å². The molecule has 0 fully saturated rings. The third-order valence-corrected chi connectivity index (χ3v) is 12.2. The van der Waals surface area contributed by atoms with Gasteiger partial charge in [0.25, 0.3) is 0 Å². The summed E-state index contributed by atoms with van der Waals surface area (Å²) in [4.78, 5) is 0. The van der Waals surface area contributed by atoms with Crippen molar-refractivity contribution in [2.75, 3.05) is 0 Å². The predicted octanol–water partition coefficient (Wildman–Crippen LogP) is -0.209. The largest absolute Gasteiger partial charge is 1.00 e. The average molecular weight is 447 g/mol. The molecule has 0 nitrogen and oxygen atoms in total. The topological polar surface area (TPSA) is 0 Å². The molecule has 0 bridgehead atoms. The van der Waals surface area contributed by atoms with E-state index in [2.05, 4.69) is 96.7 Å². The van der Waals surface area contributed by atoms with E-state index in [0.717, 1.165) is 0 Å². The van der Waals surface area contributed by atoms with Gasteiger partial charge in [0, 0.05) is 0 Å². The Hall–Kier alpha value is -1.05. The summed E-state index contributed by atoms with van der Waals surface area (Å²) < 4.78 is 4.47. The van der Waals surface area contributed by atoms with Crippen LogP contribution in [0.1, 0.15) is 0 Å². The molecule has 0 N–H and O–H groups in total. The van der Waals surface area contributed by atoms with Gasteiger partial charge in [-0.3, -0.25) is 0 Å². The van der Waals surface area contributed by atoms with Crippen molar-refractivity contribution in [3.63, 3.8) is 0 Å². The van der Waals surface area contributed by atoms with Crippen LogP contribution in [0.4, 0.5) is 0 Å². The second-order valence-corrected chi connectivity index (χ2v) is 12.5. The van der Waals surface area contributed by atoms with Gasteiger partial charge in [-0.25, -0.2) is 0 Å². The van der Waals surface area contributed by atoms with Gasteiger partial charge in [-0.05, 0) is 0 Å². The van der Waals surface area contributed by atoms with Crippen LogP contribution in [-0.2, 0) is 0 Å². The van der Waals surface area contributed by atoms with E-state index in [1.807, 2.05) is 0 Å². The second-order valence-electron chi connectivity index (χ2n) is 5.01. The first-order chi connectivity index (χ1) is 9.82. The maximum Gasteiger partial charge on any atom is -1.00 e. The van der Waals surface area contributed by atoms with Gasteiger partial charge in [0.15, 0.2) is 0 Å². The Morgan fingerprint density at radius 3 is 0.952 bits per heavy atom. The molecule has 0 atom stereocenters. The molecule has 0 radical (unpaired) electrons. The van der Waals surface area contributed by atoms with Crippen molar-refractivity contribution in [1.29, 1.82) is 0 Å². The molecule has 0 unspecified atom stereocenters. The first-order valence-electron chi connectivity index (χ1n) is 6.85. The summed E-state index contributed by atoms with van der Waals surface area (Å²) in [6.45, 7) is 0.